The molecule has 4 heterocycles. The van der Waals surface area contributed by atoms with E-state index in [1.807, 2.05) is 42.5 Å². The first-order chi connectivity index (χ1) is 18.5. The van der Waals surface area contributed by atoms with E-state index in [-0.39, 0.29) is 11.6 Å². The molecule has 3 aromatic heterocycles. The number of rotatable bonds is 9. The summed E-state index contributed by atoms with van der Waals surface area (Å²) >= 11 is 0. The van der Waals surface area contributed by atoms with Gasteiger partial charge in [0.2, 0.25) is 0 Å². The molecular formula is C29H35N7O2. The van der Waals surface area contributed by atoms with Crippen molar-refractivity contribution >= 4 is 39.5 Å². The highest BCUT2D eigenvalue weighted by atomic mass is 16.5. The third kappa shape index (κ3) is 5.89. The number of aromatic nitrogens is 3. The minimum Gasteiger partial charge on any atom is -0.491 e. The van der Waals surface area contributed by atoms with Gasteiger partial charge in [0.05, 0.1) is 35.3 Å². The second-order valence-corrected chi connectivity index (χ2v) is 10.1. The van der Waals surface area contributed by atoms with Crippen molar-refractivity contribution in [3.05, 3.63) is 71.4 Å². The fourth-order valence-electron chi connectivity index (χ4n) is 4.63. The summed E-state index contributed by atoms with van der Waals surface area (Å²) in [7, 11) is 0. The van der Waals surface area contributed by atoms with Crippen molar-refractivity contribution in [3.63, 3.8) is 0 Å². The molecule has 0 bridgehead atoms. The Bertz CT molecular complexity index is 1440. The zero-order valence-corrected chi connectivity index (χ0v) is 21.9. The molecule has 0 unspecified atom stereocenters. The number of hydrogen-bond acceptors (Lipinski definition) is 8. The molecule has 5 N–H and O–H groups in total. The lowest BCUT2D eigenvalue weighted by molar-refractivity contribution is 0.291. The number of ether oxygens (including phenoxy) is 1. The fraction of sp³-hybridized carbons (Fsp3) is 0.345. The van der Waals surface area contributed by atoms with Crippen molar-refractivity contribution in [3.8, 4) is 5.75 Å². The molecule has 0 radical (unpaired) electrons. The van der Waals surface area contributed by atoms with Crippen molar-refractivity contribution in [2.45, 2.75) is 39.2 Å². The molecule has 0 saturated carbocycles. The number of anilines is 5. The Kier molecular flexibility index (Phi) is 7.74. The number of piperidine rings is 1. The van der Waals surface area contributed by atoms with Crippen LogP contribution in [-0.4, -0.2) is 40.7 Å². The second kappa shape index (κ2) is 11.5. The molecule has 0 atom stereocenters. The zero-order valence-electron chi connectivity index (χ0n) is 21.9. The highest BCUT2D eigenvalue weighted by Gasteiger charge is 2.20. The molecule has 0 spiro atoms. The van der Waals surface area contributed by atoms with Gasteiger partial charge >= 0.3 is 0 Å². The molecule has 38 heavy (non-hydrogen) atoms. The van der Waals surface area contributed by atoms with E-state index >= 15 is 0 Å². The minimum absolute atomic E-state index is 0.214. The van der Waals surface area contributed by atoms with Crippen LogP contribution in [0, 0.1) is 5.92 Å². The van der Waals surface area contributed by atoms with Gasteiger partial charge in [0.25, 0.3) is 5.56 Å². The van der Waals surface area contributed by atoms with Crippen LogP contribution < -0.4 is 31.6 Å². The van der Waals surface area contributed by atoms with Gasteiger partial charge in [-0.3, -0.25) is 9.78 Å². The molecular weight excluding hydrogens is 478 g/mol. The van der Waals surface area contributed by atoms with Crippen LogP contribution in [0.1, 0.15) is 33.1 Å². The molecule has 9 heteroatoms. The minimum atomic E-state index is -0.214. The Morgan fingerprint density at radius 3 is 2.76 bits per heavy atom. The van der Waals surface area contributed by atoms with Crippen LogP contribution in [0.3, 0.4) is 0 Å². The molecule has 1 aliphatic heterocycles. The van der Waals surface area contributed by atoms with Gasteiger partial charge in [-0.2, -0.15) is 0 Å². The molecule has 4 aromatic rings. The summed E-state index contributed by atoms with van der Waals surface area (Å²) in [4.78, 5) is 27.1. The molecule has 1 aliphatic rings. The summed E-state index contributed by atoms with van der Waals surface area (Å²) in [6.45, 7) is 6.73. The Balaban J connectivity index is 1.48. The van der Waals surface area contributed by atoms with Crippen LogP contribution in [0.25, 0.3) is 10.8 Å². The third-order valence-electron chi connectivity index (χ3n) is 6.79. The fourth-order valence-corrected chi connectivity index (χ4v) is 4.63. The van der Waals surface area contributed by atoms with Crippen LogP contribution in [-0.2, 0) is 0 Å². The summed E-state index contributed by atoms with van der Waals surface area (Å²) in [5, 5.41) is 8.06. The van der Waals surface area contributed by atoms with Crippen molar-refractivity contribution in [1.82, 2.24) is 15.0 Å². The first kappa shape index (κ1) is 25.5. The van der Waals surface area contributed by atoms with Gasteiger partial charge in [-0.1, -0.05) is 26.0 Å². The maximum Gasteiger partial charge on any atom is 0.259 e. The van der Waals surface area contributed by atoms with Gasteiger partial charge in [-0.15, -0.1) is 0 Å². The molecule has 0 aliphatic carbocycles. The monoisotopic (exact) mass is 513 g/mol. The van der Waals surface area contributed by atoms with E-state index in [1.165, 1.54) is 0 Å². The van der Waals surface area contributed by atoms with Gasteiger partial charge in [0.1, 0.15) is 17.4 Å². The van der Waals surface area contributed by atoms with Gasteiger partial charge in [0.15, 0.2) is 0 Å². The molecule has 5 rings (SSSR count). The second-order valence-electron chi connectivity index (χ2n) is 10.1. The molecule has 1 aromatic carbocycles. The van der Waals surface area contributed by atoms with Gasteiger partial charge in [-0.05, 0) is 60.9 Å². The average molecular weight is 514 g/mol. The SMILES string of the molecule is CC(C)CCOc1ccccc1Nc1nc(Nc2cnccc2N2CCC(N)CC2)cc2cc[nH]c(=O)c12. The summed E-state index contributed by atoms with van der Waals surface area (Å²) in [5.41, 5.74) is 8.56. The normalized spacial score (nSPS) is 14.2. The Morgan fingerprint density at radius 2 is 1.95 bits per heavy atom. The molecule has 1 saturated heterocycles. The van der Waals surface area contributed by atoms with Gasteiger partial charge in [0, 0.05) is 31.5 Å². The van der Waals surface area contributed by atoms with Crippen molar-refractivity contribution < 1.29 is 4.74 Å². The zero-order chi connectivity index (χ0) is 26.5. The number of fused-ring (bicyclic) bond motifs is 1. The van der Waals surface area contributed by atoms with Gasteiger partial charge < -0.3 is 31.0 Å². The van der Waals surface area contributed by atoms with E-state index in [9.17, 15) is 4.79 Å². The number of para-hydroxylation sites is 2. The van der Waals surface area contributed by atoms with Crippen molar-refractivity contribution in [1.29, 1.82) is 0 Å². The number of H-pyrrole nitrogens is 1. The lowest BCUT2D eigenvalue weighted by atomic mass is 10.1. The largest absolute Gasteiger partial charge is 0.491 e. The first-order valence-electron chi connectivity index (χ1n) is 13.2. The highest BCUT2D eigenvalue weighted by molar-refractivity contribution is 5.95. The van der Waals surface area contributed by atoms with Crippen LogP contribution >= 0.6 is 0 Å². The lowest BCUT2D eigenvalue weighted by Crippen LogP contribution is -2.39. The number of aromatic amines is 1. The molecule has 0 amide bonds. The predicted molar refractivity (Wildman–Crippen MR) is 154 cm³/mol. The summed E-state index contributed by atoms with van der Waals surface area (Å²) in [6.07, 6.45) is 8.10. The van der Waals surface area contributed by atoms with Crippen molar-refractivity contribution in [2.24, 2.45) is 11.7 Å². The summed E-state index contributed by atoms with van der Waals surface area (Å²) < 4.78 is 6.06. The topological polar surface area (TPSA) is 121 Å². The molecule has 1 fully saturated rings. The third-order valence-corrected chi connectivity index (χ3v) is 6.79. The van der Waals surface area contributed by atoms with Crippen LogP contribution in [0.4, 0.5) is 28.7 Å². The summed E-state index contributed by atoms with van der Waals surface area (Å²) in [6, 6.07) is 13.7. The van der Waals surface area contributed by atoms with E-state index in [4.69, 9.17) is 15.5 Å². The van der Waals surface area contributed by atoms with E-state index in [1.54, 1.807) is 18.6 Å². The standard InChI is InChI=1S/C29H35N7O2/c1-19(2)11-16-38-25-6-4-3-5-22(25)34-28-27-20(7-13-32-29(27)37)17-26(35-28)33-23-18-31-12-8-24(23)36-14-9-21(30)10-15-36/h3-8,12-13,17-19,21H,9-11,14-16,30H2,1-2H3,(H,32,37)(H2,33,34,35). The van der Waals surface area contributed by atoms with Crippen LogP contribution in [0.2, 0.25) is 0 Å². The van der Waals surface area contributed by atoms with E-state index in [0.29, 0.717) is 35.3 Å². The predicted octanol–water partition coefficient (Wildman–Crippen LogP) is 5.16. The number of nitrogens with two attached hydrogens (primary N) is 1. The van der Waals surface area contributed by atoms with Crippen LogP contribution in [0.5, 0.6) is 5.75 Å². The van der Waals surface area contributed by atoms with E-state index in [2.05, 4.69) is 39.3 Å². The van der Waals surface area contributed by atoms with E-state index < -0.39 is 0 Å². The van der Waals surface area contributed by atoms with Crippen molar-refractivity contribution in [2.75, 3.05) is 35.2 Å². The maximum atomic E-state index is 12.9. The quantitative estimate of drug-likeness (QED) is 0.242. The van der Waals surface area contributed by atoms with Crippen LogP contribution in [0.15, 0.2) is 65.8 Å². The Labute approximate surface area is 222 Å². The smallest absolute Gasteiger partial charge is 0.259 e. The number of benzene rings is 1. The lowest BCUT2D eigenvalue weighted by Gasteiger charge is -2.33. The number of hydrogen-bond donors (Lipinski definition) is 4. The Morgan fingerprint density at radius 1 is 1.13 bits per heavy atom. The Hall–Kier alpha value is -4.11. The van der Waals surface area contributed by atoms with E-state index in [0.717, 1.165) is 54.8 Å². The highest BCUT2D eigenvalue weighted by Crippen LogP contribution is 2.33. The number of nitrogens with one attached hydrogen (secondary N) is 3. The molecule has 198 valence electrons. The summed E-state index contributed by atoms with van der Waals surface area (Å²) in [5.74, 6) is 2.31. The molecule has 9 nitrogen and oxygen atoms in total. The maximum absolute atomic E-state index is 12.9. The number of pyridine rings is 3. The first-order valence-corrected chi connectivity index (χ1v) is 13.2. The number of nitrogens with zero attached hydrogens (tertiary/aromatic N) is 3. The van der Waals surface area contributed by atoms with Gasteiger partial charge in [-0.25, -0.2) is 4.98 Å². The average Bonchev–Trinajstić information content (AvgIpc) is 2.90.